The fourth-order valence-electron chi connectivity index (χ4n) is 3.54. The van der Waals surface area contributed by atoms with Crippen LogP contribution in [0.4, 0.5) is 10.6 Å². The van der Waals surface area contributed by atoms with Crippen LogP contribution in [0.2, 0.25) is 0 Å². The first-order valence-electron chi connectivity index (χ1n) is 8.69. The van der Waals surface area contributed by atoms with Crippen LogP contribution in [0, 0.1) is 0 Å². The number of urea groups is 1. The van der Waals surface area contributed by atoms with E-state index in [1.165, 1.54) is 11.1 Å². The summed E-state index contributed by atoms with van der Waals surface area (Å²) in [4.78, 5) is 32.4. The zero-order valence-corrected chi connectivity index (χ0v) is 15.5. The zero-order valence-electron chi connectivity index (χ0n) is 15.5. The monoisotopic (exact) mass is 348 g/mol. The number of anilines is 1. The number of methoxy groups -OCH3 is 1. The van der Waals surface area contributed by atoms with Crippen molar-refractivity contribution in [3.8, 4) is 0 Å². The van der Waals surface area contributed by atoms with Crippen LogP contribution in [0.1, 0.15) is 43.0 Å². The van der Waals surface area contributed by atoms with Crippen LogP contribution in [-0.4, -0.2) is 66.6 Å². The molecule has 25 heavy (non-hydrogen) atoms. The molecule has 7 heteroatoms. The highest BCUT2D eigenvalue weighted by molar-refractivity contribution is 5.96. The molecule has 1 aromatic heterocycles. The van der Waals surface area contributed by atoms with Crippen LogP contribution in [0.3, 0.4) is 0 Å². The second-order valence-electron chi connectivity index (χ2n) is 6.72. The number of hydrogen-bond donors (Lipinski definition) is 1. The molecule has 2 heterocycles. The molecule has 1 fully saturated rings. The Morgan fingerprint density at radius 1 is 1.44 bits per heavy atom. The number of pyridine rings is 1. The normalized spacial score (nSPS) is 19.8. The van der Waals surface area contributed by atoms with E-state index in [1.807, 2.05) is 4.90 Å². The molecule has 0 spiro atoms. The summed E-state index contributed by atoms with van der Waals surface area (Å²) in [6.07, 6.45) is 5.32. The molecule has 1 N–H and O–H groups in total. The summed E-state index contributed by atoms with van der Waals surface area (Å²) in [5.41, 5.74) is 0.235. The molecule has 0 bridgehead atoms. The van der Waals surface area contributed by atoms with Gasteiger partial charge >= 0.3 is 6.03 Å². The number of ether oxygens (including phenoxy) is 1. The average molecular weight is 348 g/mol. The van der Waals surface area contributed by atoms with Gasteiger partial charge in [0.1, 0.15) is 5.82 Å². The van der Waals surface area contributed by atoms with Crippen molar-refractivity contribution in [2.75, 3.05) is 39.7 Å². The van der Waals surface area contributed by atoms with Gasteiger partial charge in [0, 0.05) is 39.5 Å². The lowest BCUT2D eigenvalue weighted by atomic mass is 9.91. The number of nitrogens with one attached hydrogen (secondary N) is 1. The van der Waals surface area contributed by atoms with E-state index in [0.717, 1.165) is 25.7 Å². The molecule has 0 radical (unpaired) electrons. The van der Waals surface area contributed by atoms with Crippen LogP contribution in [0.5, 0.6) is 0 Å². The Morgan fingerprint density at radius 3 is 2.84 bits per heavy atom. The third-order valence-electron chi connectivity index (χ3n) is 4.62. The van der Waals surface area contributed by atoms with Gasteiger partial charge in [-0.15, -0.1) is 0 Å². The summed E-state index contributed by atoms with van der Waals surface area (Å²) in [5, 5.41) is 2.84. The SMILES string of the molecule is CCCC1(COC)CCCN1C(=O)Nc1cc(C(=O)N(C)C)ccn1. The molecule has 1 aliphatic rings. The second-order valence-corrected chi connectivity index (χ2v) is 6.72. The molecule has 7 nitrogen and oxygen atoms in total. The minimum absolute atomic E-state index is 0.126. The first-order valence-corrected chi connectivity index (χ1v) is 8.69. The Labute approximate surface area is 149 Å². The third kappa shape index (κ3) is 4.28. The van der Waals surface area contributed by atoms with Gasteiger partial charge in [0.25, 0.3) is 5.91 Å². The van der Waals surface area contributed by atoms with Gasteiger partial charge in [-0.2, -0.15) is 0 Å². The quantitative estimate of drug-likeness (QED) is 0.857. The number of carbonyl (C=O) groups excluding carboxylic acids is 2. The Morgan fingerprint density at radius 2 is 2.20 bits per heavy atom. The van der Waals surface area contributed by atoms with Crippen molar-refractivity contribution in [3.05, 3.63) is 23.9 Å². The molecule has 0 aromatic carbocycles. The van der Waals surface area contributed by atoms with Crippen molar-refractivity contribution in [1.82, 2.24) is 14.8 Å². The van der Waals surface area contributed by atoms with E-state index in [4.69, 9.17) is 4.74 Å². The highest BCUT2D eigenvalue weighted by atomic mass is 16.5. The van der Waals surface area contributed by atoms with Gasteiger partial charge in [-0.05, 0) is 31.4 Å². The van der Waals surface area contributed by atoms with Crippen molar-refractivity contribution in [1.29, 1.82) is 0 Å². The standard InChI is InChI=1S/C18H28N4O3/c1-5-8-18(13-25-4)9-6-11-22(18)17(24)20-15-12-14(7-10-19-15)16(23)21(2)3/h7,10,12H,5-6,8-9,11,13H2,1-4H3,(H,19,20,24). The highest BCUT2D eigenvalue weighted by Gasteiger charge is 2.43. The number of amides is 3. The molecule has 2 rings (SSSR count). The highest BCUT2D eigenvalue weighted by Crippen LogP contribution is 2.34. The molecule has 1 saturated heterocycles. The summed E-state index contributed by atoms with van der Waals surface area (Å²) >= 11 is 0. The first-order chi connectivity index (χ1) is 11.9. The fourth-order valence-corrected chi connectivity index (χ4v) is 3.54. The lowest BCUT2D eigenvalue weighted by Crippen LogP contribution is -2.52. The number of carbonyl (C=O) groups is 2. The molecule has 1 aliphatic heterocycles. The number of likely N-dealkylation sites (tertiary alicyclic amines) is 1. The van der Waals surface area contributed by atoms with Gasteiger partial charge in [0.15, 0.2) is 0 Å². The fraction of sp³-hybridized carbons (Fsp3) is 0.611. The summed E-state index contributed by atoms with van der Waals surface area (Å²) in [6.45, 7) is 3.34. The first kappa shape index (κ1) is 19.2. The second kappa shape index (κ2) is 8.29. The summed E-state index contributed by atoms with van der Waals surface area (Å²) in [5.74, 6) is 0.256. The van der Waals surface area contributed by atoms with E-state index in [0.29, 0.717) is 24.5 Å². The van der Waals surface area contributed by atoms with Crippen molar-refractivity contribution in [3.63, 3.8) is 0 Å². The van der Waals surface area contributed by atoms with Crippen molar-refractivity contribution in [2.24, 2.45) is 0 Å². The Kier molecular flexibility index (Phi) is 6.36. The number of aromatic nitrogens is 1. The van der Waals surface area contributed by atoms with Gasteiger partial charge in [-0.3, -0.25) is 10.1 Å². The van der Waals surface area contributed by atoms with Gasteiger partial charge in [0.05, 0.1) is 12.1 Å². The van der Waals surface area contributed by atoms with Crippen molar-refractivity contribution < 1.29 is 14.3 Å². The predicted octanol–water partition coefficient (Wildman–Crippen LogP) is 2.60. The smallest absolute Gasteiger partial charge is 0.323 e. The number of nitrogens with zero attached hydrogens (tertiary/aromatic N) is 3. The number of hydrogen-bond acceptors (Lipinski definition) is 4. The topological polar surface area (TPSA) is 74.8 Å². The molecule has 0 saturated carbocycles. The van der Waals surface area contributed by atoms with Crippen molar-refractivity contribution in [2.45, 2.75) is 38.1 Å². The molecule has 1 unspecified atom stereocenters. The van der Waals surface area contributed by atoms with E-state index in [2.05, 4.69) is 17.2 Å². The van der Waals surface area contributed by atoms with Crippen LogP contribution < -0.4 is 5.32 Å². The van der Waals surface area contributed by atoms with Crippen molar-refractivity contribution >= 4 is 17.8 Å². The molecular formula is C18H28N4O3. The maximum Gasteiger partial charge on any atom is 0.323 e. The van der Waals surface area contributed by atoms with Crippen LogP contribution >= 0.6 is 0 Å². The minimum Gasteiger partial charge on any atom is -0.382 e. The van der Waals surface area contributed by atoms with Gasteiger partial charge in [-0.1, -0.05) is 13.3 Å². The maximum atomic E-state index is 12.8. The molecule has 0 aliphatic carbocycles. The van der Waals surface area contributed by atoms with E-state index in [1.54, 1.807) is 33.3 Å². The zero-order chi connectivity index (χ0) is 18.4. The summed E-state index contributed by atoms with van der Waals surface area (Å²) in [7, 11) is 5.05. The Bertz CT molecular complexity index is 612. The maximum absolute atomic E-state index is 12.8. The average Bonchev–Trinajstić information content (AvgIpc) is 2.98. The van der Waals surface area contributed by atoms with Gasteiger partial charge < -0.3 is 14.5 Å². The largest absolute Gasteiger partial charge is 0.382 e. The van der Waals surface area contributed by atoms with E-state index < -0.39 is 0 Å². The lowest BCUT2D eigenvalue weighted by Gasteiger charge is -2.38. The van der Waals surface area contributed by atoms with Crippen LogP contribution in [0.15, 0.2) is 18.3 Å². The summed E-state index contributed by atoms with van der Waals surface area (Å²) in [6, 6.07) is 3.05. The Hall–Kier alpha value is -2.15. The lowest BCUT2D eigenvalue weighted by molar-refractivity contribution is 0.0539. The summed E-state index contributed by atoms with van der Waals surface area (Å²) < 4.78 is 5.40. The van der Waals surface area contributed by atoms with E-state index >= 15 is 0 Å². The molecule has 3 amide bonds. The van der Waals surface area contributed by atoms with Crippen LogP contribution in [-0.2, 0) is 4.74 Å². The minimum atomic E-state index is -0.259. The number of rotatable bonds is 6. The van der Waals surface area contributed by atoms with Gasteiger partial charge in [-0.25, -0.2) is 9.78 Å². The molecule has 1 aromatic rings. The van der Waals surface area contributed by atoms with E-state index in [9.17, 15) is 9.59 Å². The van der Waals surface area contributed by atoms with Gasteiger partial charge in [0.2, 0.25) is 0 Å². The molecular weight excluding hydrogens is 320 g/mol. The molecule has 1 atom stereocenters. The van der Waals surface area contributed by atoms with E-state index in [-0.39, 0.29) is 17.5 Å². The molecule has 138 valence electrons. The predicted molar refractivity (Wildman–Crippen MR) is 96.7 cm³/mol. The third-order valence-corrected chi connectivity index (χ3v) is 4.62. The Balaban J connectivity index is 2.16. The van der Waals surface area contributed by atoms with Crippen LogP contribution in [0.25, 0.3) is 0 Å².